The lowest BCUT2D eigenvalue weighted by molar-refractivity contribution is 0.101. The van der Waals surface area contributed by atoms with E-state index < -0.39 is 0 Å². The fraction of sp³-hybridized carbons (Fsp3) is 0.125. The molecule has 1 aromatic carbocycles. The van der Waals surface area contributed by atoms with Crippen LogP contribution in [0.1, 0.15) is 17.3 Å². The van der Waals surface area contributed by atoms with E-state index in [0.29, 0.717) is 16.2 Å². The van der Waals surface area contributed by atoms with Gasteiger partial charge < -0.3 is 4.57 Å². The van der Waals surface area contributed by atoms with Gasteiger partial charge in [0.15, 0.2) is 10.9 Å². The Hall–Kier alpha value is -2.31. The predicted octanol–water partition coefficient (Wildman–Crippen LogP) is 4.10. The molecular formula is C16H11ClN4OS. The minimum absolute atomic E-state index is 0.0471. The number of fused-ring (bicyclic) bond motifs is 3. The molecule has 3 aromatic heterocycles. The molecule has 0 unspecified atom stereocenters. The normalized spacial score (nSPS) is 11.4. The smallest absolute Gasteiger partial charge is 0.159 e. The summed E-state index contributed by atoms with van der Waals surface area (Å²) in [7, 11) is 1.91. The first kappa shape index (κ1) is 14.3. The van der Waals surface area contributed by atoms with Crippen molar-refractivity contribution in [2.24, 2.45) is 7.05 Å². The van der Waals surface area contributed by atoms with Gasteiger partial charge in [0.25, 0.3) is 0 Å². The van der Waals surface area contributed by atoms with Crippen LogP contribution in [0.4, 0.5) is 0 Å². The van der Waals surface area contributed by atoms with Crippen LogP contribution in [0.15, 0.2) is 30.6 Å². The van der Waals surface area contributed by atoms with Crippen LogP contribution in [-0.2, 0) is 7.05 Å². The molecule has 4 aromatic rings. The van der Waals surface area contributed by atoms with Gasteiger partial charge in [0.05, 0.1) is 6.33 Å². The highest BCUT2D eigenvalue weighted by Crippen LogP contribution is 2.34. The standard InChI is InChI=1S/C16H11ClN4OS/c1-8(22)9-3-5-10(6-4-9)15-19-12-13-11(18-7-21(13)2)14(17)20-16(12)23-15/h3-7H,1-2H3. The average Bonchev–Trinajstić information content (AvgIpc) is 3.11. The van der Waals surface area contributed by atoms with E-state index in [9.17, 15) is 4.79 Å². The van der Waals surface area contributed by atoms with Crippen molar-refractivity contribution in [1.29, 1.82) is 0 Å². The first-order valence-electron chi connectivity index (χ1n) is 6.93. The third kappa shape index (κ3) is 2.22. The number of hydrogen-bond acceptors (Lipinski definition) is 5. The van der Waals surface area contributed by atoms with Crippen LogP contribution in [0.25, 0.3) is 32.0 Å². The summed E-state index contributed by atoms with van der Waals surface area (Å²) in [6.07, 6.45) is 1.71. The molecule has 0 saturated carbocycles. The highest BCUT2D eigenvalue weighted by Gasteiger charge is 2.16. The summed E-state index contributed by atoms with van der Waals surface area (Å²) in [5, 5.41) is 1.22. The average molecular weight is 343 g/mol. The van der Waals surface area contributed by atoms with Gasteiger partial charge in [0, 0.05) is 18.2 Å². The second kappa shape index (κ2) is 5.11. The number of carbonyl (C=O) groups is 1. The summed E-state index contributed by atoms with van der Waals surface area (Å²) >= 11 is 7.69. The third-order valence-corrected chi connectivity index (χ3v) is 4.97. The SMILES string of the molecule is CC(=O)c1ccc(-c2nc3c(nc(Cl)c4ncn(C)c43)s2)cc1. The number of benzene rings is 1. The Morgan fingerprint density at radius 3 is 2.61 bits per heavy atom. The molecule has 0 amide bonds. The van der Waals surface area contributed by atoms with Crippen molar-refractivity contribution in [2.75, 3.05) is 0 Å². The number of thiazole rings is 1. The summed E-state index contributed by atoms with van der Waals surface area (Å²) in [5.41, 5.74) is 3.96. The number of Topliss-reactive ketones (excluding diaryl/α,β-unsaturated/α-hetero) is 1. The number of nitrogens with zero attached hydrogens (tertiary/aromatic N) is 4. The van der Waals surface area contributed by atoms with Crippen LogP contribution in [0.3, 0.4) is 0 Å². The fourth-order valence-corrected chi connectivity index (χ4v) is 3.74. The Morgan fingerprint density at radius 1 is 1.17 bits per heavy atom. The van der Waals surface area contributed by atoms with Crippen molar-refractivity contribution in [1.82, 2.24) is 19.5 Å². The maximum Gasteiger partial charge on any atom is 0.159 e. The number of carbonyl (C=O) groups excluding carboxylic acids is 1. The number of aryl methyl sites for hydroxylation is 1. The van der Waals surface area contributed by atoms with Crippen molar-refractivity contribution in [2.45, 2.75) is 6.92 Å². The highest BCUT2D eigenvalue weighted by atomic mass is 35.5. The molecule has 0 fully saturated rings. The number of rotatable bonds is 2. The number of aromatic nitrogens is 4. The van der Waals surface area contributed by atoms with Gasteiger partial charge in [-0.2, -0.15) is 0 Å². The molecule has 0 aliphatic rings. The molecule has 0 bridgehead atoms. The molecule has 0 aliphatic heterocycles. The Bertz CT molecular complexity index is 1070. The lowest BCUT2D eigenvalue weighted by Crippen LogP contribution is -1.90. The molecule has 4 rings (SSSR count). The number of halogens is 1. The molecule has 7 heteroatoms. The van der Waals surface area contributed by atoms with E-state index in [1.54, 1.807) is 13.3 Å². The van der Waals surface area contributed by atoms with Gasteiger partial charge in [-0.3, -0.25) is 4.79 Å². The van der Waals surface area contributed by atoms with Crippen molar-refractivity contribution < 1.29 is 4.79 Å². The zero-order valence-electron chi connectivity index (χ0n) is 12.4. The zero-order valence-corrected chi connectivity index (χ0v) is 13.9. The quantitative estimate of drug-likeness (QED) is 0.406. The van der Waals surface area contributed by atoms with Crippen molar-refractivity contribution >= 4 is 50.1 Å². The second-order valence-corrected chi connectivity index (χ2v) is 6.60. The maximum atomic E-state index is 11.4. The molecule has 114 valence electrons. The van der Waals surface area contributed by atoms with E-state index in [-0.39, 0.29) is 5.78 Å². The predicted molar refractivity (Wildman–Crippen MR) is 92.1 cm³/mol. The minimum atomic E-state index is 0.0471. The van der Waals surface area contributed by atoms with Gasteiger partial charge in [-0.1, -0.05) is 47.2 Å². The third-order valence-electron chi connectivity index (χ3n) is 3.70. The van der Waals surface area contributed by atoms with Gasteiger partial charge in [-0.25, -0.2) is 15.0 Å². The maximum absolute atomic E-state index is 11.4. The fourth-order valence-electron chi connectivity index (χ4n) is 2.52. The first-order chi connectivity index (χ1) is 11.0. The molecular weight excluding hydrogens is 332 g/mol. The van der Waals surface area contributed by atoms with Gasteiger partial charge in [0.1, 0.15) is 26.4 Å². The number of imidazole rings is 1. The highest BCUT2D eigenvalue weighted by molar-refractivity contribution is 7.21. The molecule has 0 N–H and O–H groups in total. The lowest BCUT2D eigenvalue weighted by atomic mass is 10.1. The summed E-state index contributed by atoms with van der Waals surface area (Å²) in [6, 6.07) is 7.42. The van der Waals surface area contributed by atoms with Crippen molar-refractivity contribution in [3.63, 3.8) is 0 Å². The second-order valence-electron chi connectivity index (χ2n) is 5.26. The molecule has 23 heavy (non-hydrogen) atoms. The monoisotopic (exact) mass is 342 g/mol. The molecule has 0 aliphatic carbocycles. The van der Waals surface area contributed by atoms with Crippen LogP contribution in [0, 0.1) is 0 Å². The summed E-state index contributed by atoms with van der Waals surface area (Å²) in [5.74, 6) is 0.0471. The van der Waals surface area contributed by atoms with Crippen LogP contribution in [-0.4, -0.2) is 25.3 Å². The Morgan fingerprint density at radius 2 is 1.91 bits per heavy atom. The Kier molecular flexibility index (Phi) is 3.18. The Balaban J connectivity index is 1.93. The molecule has 0 spiro atoms. The molecule has 5 nitrogen and oxygen atoms in total. The van der Waals surface area contributed by atoms with Gasteiger partial charge in [-0.15, -0.1) is 0 Å². The van der Waals surface area contributed by atoms with E-state index in [4.69, 9.17) is 16.6 Å². The summed E-state index contributed by atoms with van der Waals surface area (Å²) in [4.78, 5) is 25.5. The van der Waals surface area contributed by atoms with E-state index in [1.165, 1.54) is 11.3 Å². The van der Waals surface area contributed by atoms with E-state index >= 15 is 0 Å². The Labute approximate surface area is 140 Å². The molecule has 0 radical (unpaired) electrons. The number of hydrogen-bond donors (Lipinski definition) is 0. The number of ketones is 1. The van der Waals surface area contributed by atoms with Gasteiger partial charge in [0.2, 0.25) is 0 Å². The van der Waals surface area contributed by atoms with E-state index in [2.05, 4.69) is 9.97 Å². The topological polar surface area (TPSA) is 60.7 Å². The van der Waals surface area contributed by atoms with Crippen LogP contribution in [0.5, 0.6) is 0 Å². The number of pyridine rings is 1. The van der Waals surface area contributed by atoms with Crippen LogP contribution < -0.4 is 0 Å². The largest absolute Gasteiger partial charge is 0.332 e. The van der Waals surface area contributed by atoms with Gasteiger partial charge >= 0.3 is 0 Å². The van der Waals surface area contributed by atoms with Crippen molar-refractivity contribution in [3.8, 4) is 10.6 Å². The first-order valence-corrected chi connectivity index (χ1v) is 8.12. The summed E-state index contributed by atoms with van der Waals surface area (Å²) in [6.45, 7) is 1.55. The van der Waals surface area contributed by atoms with Gasteiger partial charge in [-0.05, 0) is 6.92 Å². The zero-order chi connectivity index (χ0) is 16.1. The van der Waals surface area contributed by atoms with Crippen LogP contribution >= 0.6 is 22.9 Å². The molecule has 0 atom stereocenters. The van der Waals surface area contributed by atoms with Crippen LogP contribution in [0.2, 0.25) is 5.15 Å². The molecule has 0 saturated heterocycles. The summed E-state index contributed by atoms with van der Waals surface area (Å²) < 4.78 is 1.90. The minimum Gasteiger partial charge on any atom is -0.332 e. The lowest BCUT2D eigenvalue weighted by Gasteiger charge is -1.98. The van der Waals surface area contributed by atoms with E-state index in [0.717, 1.165) is 26.4 Å². The van der Waals surface area contributed by atoms with E-state index in [1.807, 2.05) is 35.9 Å². The molecule has 3 heterocycles. The van der Waals surface area contributed by atoms with Crippen molar-refractivity contribution in [3.05, 3.63) is 41.3 Å².